The summed E-state index contributed by atoms with van der Waals surface area (Å²) in [5, 5.41) is 13.5. The Kier molecular flexibility index (Phi) is 9.29. The minimum absolute atomic E-state index is 0.0731. The molecule has 210 valence electrons. The van der Waals surface area contributed by atoms with E-state index in [4.69, 9.17) is 30.0 Å². The number of halogens is 1. The molecule has 15 heteroatoms. The number of nitrogen functional groups attached to an aromatic ring is 1. The van der Waals surface area contributed by atoms with E-state index in [0.29, 0.717) is 0 Å². The fourth-order valence-corrected chi connectivity index (χ4v) is 5.54. The van der Waals surface area contributed by atoms with Crippen LogP contribution < -0.4 is 26.8 Å². The summed E-state index contributed by atoms with van der Waals surface area (Å²) in [6.45, 7) is 4.83. The number of benzene rings is 1. The molecule has 1 saturated heterocycles. The molecule has 3 rings (SSSR count). The van der Waals surface area contributed by atoms with E-state index in [0.717, 1.165) is 4.57 Å². The van der Waals surface area contributed by atoms with Crippen molar-refractivity contribution in [3.63, 3.8) is 0 Å². The summed E-state index contributed by atoms with van der Waals surface area (Å²) >= 11 is 0. The molecule has 0 aliphatic carbocycles. The summed E-state index contributed by atoms with van der Waals surface area (Å²) in [5.74, 6) is -0.628. The maximum Gasteiger partial charge on any atom is 0.459 e. The Morgan fingerprint density at radius 3 is 2.53 bits per heavy atom. The Bertz CT molecular complexity index is 1220. The zero-order valence-corrected chi connectivity index (χ0v) is 22.3. The van der Waals surface area contributed by atoms with Gasteiger partial charge in [0.2, 0.25) is 0 Å². The molecule has 1 aliphatic heterocycles. The van der Waals surface area contributed by atoms with E-state index in [2.05, 4.69) is 10.1 Å². The number of anilines is 1. The number of nitrogens with one attached hydrogen (secondary N) is 1. The highest BCUT2D eigenvalue weighted by molar-refractivity contribution is 7.52. The fraction of sp³-hybridized carbons (Fsp3) is 0.522. The number of carbonyl (C=O) groups is 1. The van der Waals surface area contributed by atoms with Gasteiger partial charge in [-0.15, -0.1) is 0 Å². The second-order valence-corrected chi connectivity index (χ2v) is 10.9. The molecule has 13 nitrogen and oxygen atoms in total. The number of hydrogen-bond donors (Lipinski definition) is 4. The van der Waals surface area contributed by atoms with Crippen molar-refractivity contribution in [2.75, 3.05) is 12.4 Å². The van der Waals surface area contributed by atoms with Crippen LogP contribution in [0.2, 0.25) is 0 Å². The van der Waals surface area contributed by atoms with Gasteiger partial charge in [-0.1, -0.05) is 18.2 Å². The summed E-state index contributed by atoms with van der Waals surface area (Å²) in [6, 6.07) is 8.18. The minimum Gasteiger partial charge on any atom is -0.462 e. The molecule has 1 fully saturated rings. The van der Waals surface area contributed by atoms with Gasteiger partial charge in [-0.3, -0.25) is 13.9 Å². The summed E-state index contributed by atoms with van der Waals surface area (Å²) < 4.78 is 51.2. The molecule has 2 heterocycles. The number of ether oxygens (including phenoxy) is 2. The summed E-state index contributed by atoms with van der Waals surface area (Å²) in [4.78, 5) is 28.3. The van der Waals surface area contributed by atoms with Crippen LogP contribution in [0.5, 0.6) is 5.75 Å². The third-order valence-electron chi connectivity index (χ3n) is 5.74. The second kappa shape index (κ2) is 11.9. The maximum absolute atomic E-state index is 14.2. The summed E-state index contributed by atoms with van der Waals surface area (Å²) in [7, 11) is -4.36. The summed E-state index contributed by atoms with van der Waals surface area (Å²) in [6.07, 6.45) is -5.06. The van der Waals surface area contributed by atoms with Gasteiger partial charge in [-0.2, -0.15) is 10.1 Å². The van der Waals surface area contributed by atoms with Crippen LogP contribution in [-0.2, 0) is 23.4 Å². The predicted molar refractivity (Wildman–Crippen MR) is 135 cm³/mol. The van der Waals surface area contributed by atoms with E-state index in [9.17, 15) is 23.7 Å². The van der Waals surface area contributed by atoms with Crippen LogP contribution in [-0.4, -0.2) is 63.3 Å². The van der Waals surface area contributed by atoms with Crippen molar-refractivity contribution in [1.82, 2.24) is 14.6 Å². The van der Waals surface area contributed by atoms with Crippen molar-refractivity contribution in [2.45, 2.75) is 69.9 Å². The SMILES string of the molecule is CC(C)OC(=O)[C@H](C)NP(=O)(Oc1ccccc1)O[C@H](C)[C@H]1O[C@@H](n2ccc(N)nc2=O)[C@@](N)(CF)C1O. The molecule has 2 aromatic rings. The standard InChI is InChI=1S/C23H33FN5O8P/c1-13(2)34-20(31)14(3)28-38(33,37-16-8-6-5-7-9-16)36-15(4)18-19(30)23(26,12-24)21(35-18)29-11-10-17(25)27-22(29)32/h5-11,13-15,18-19,21,30H,12,26H2,1-4H3,(H,28,33)(H2,25,27,32)/t14-,15+,18+,19?,21+,23+,38?/m0/s1. The largest absolute Gasteiger partial charge is 0.462 e. The quantitative estimate of drug-likeness (QED) is 0.229. The Balaban J connectivity index is 1.88. The number of nitrogens with two attached hydrogens (primary N) is 2. The molecule has 1 aromatic heterocycles. The first-order valence-electron chi connectivity index (χ1n) is 11.8. The van der Waals surface area contributed by atoms with Crippen molar-refractivity contribution < 1.29 is 37.4 Å². The van der Waals surface area contributed by atoms with Crippen LogP contribution in [0.4, 0.5) is 10.2 Å². The molecule has 1 aromatic carbocycles. The van der Waals surface area contributed by atoms with Crippen molar-refractivity contribution in [2.24, 2.45) is 5.73 Å². The molecule has 0 radical (unpaired) electrons. The first-order valence-corrected chi connectivity index (χ1v) is 13.4. The molecule has 0 amide bonds. The Hall–Kier alpha value is -2.87. The highest BCUT2D eigenvalue weighted by atomic mass is 31.2. The van der Waals surface area contributed by atoms with Crippen molar-refractivity contribution in [3.8, 4) is 5.75 Å². The topological polar surface area (TPSA) is 190 Å². The van der Waals surface area contributed by atoms with E-state index >= 15 is 0 Å². The van der Waals surface area contributed by atoms with Crippen molar-refractivity contribution >= 4 is 19.5 Å². The number of esters is 1. The molecule has 1 aliphatic rings. The first kappa shape index (κ1) is 29.7. The monoisotopic (exact) mass is 557 g/mol. The lowest BCUT2D eigenvalue weighted by Crippen LogP contribution is -2.58. The number of nitrogens with zero attached hydrogens (tertiary/aromatic N) is 2. The third-order valence-corrected chi connectivity index (χ3v) is 7.50. The molecular formula is C23H33FN5O8P. The average Bonchev–Trinajstić information content (AvgIpc) is 3.10. The lowest BCUT2D eigenvalue weighted by atomic mass is 9.91. The maximum atomic E-state index is 14.2. The number of para-hydroxylation sites is 1. The Labute approximate surface area is 218 Å². The molecule has 6 N–H and O–H groups in total. The molecule has 38 heavy (non-hydrogen) atoms. The van der Waals surface area contributed by atoms with E-state index in [1.165, 1.54) is 38.2 Å². The average molecular weight is 558 g/mol. The number of alkyl halides is 1. The molecular weight excluding hydrogens is 524 g/mol. The van der Waals surface area contributed by atoms with Gasteiger partial charge >= 0.3 is 19.4 Å². The number of carbonyl (C=O) groups excluding carboxylic acids is 1. The number of hydrogen-bond acceptors (Lipinski definition) is 11. The molecule has 0 saturated carbocycles. The van der Waals surface area contributed by atoms with Crippen molar-refractivity contribution in [3.05, 3.63) is 53.1 Å². The van der Waals surface area contributed by atoms with Gasteiger partial charge in [0, 0.05) is 6.20 Å². The second-order valence-electron chi connectivity index (χ2n) is 9.23. The smallest absolute Gasteiger partial charge is 0.459 e. The van der Waals surface area contributed by atoms with E-state index < -0.39 is 68.3 Å². The zero-order valence-electron chi connectivity index (χ0n) is 21.4. The van der Waals surface area contributed by atoms with Gasteiger partial charge < -0.3 is 30.6 Å². The third kappa shape index (κ3) is 6.57. The van der Waals surface area contributed by atoms with Crippen molar-refractivity contribution in [1.29, 1.82) is 0 Å². The van der Waals surface area contributed by atoms with Crippen LogP contribution in [0.15, 0.2) is 47.4 Å². The Morgan fingerprint density at radius 2 is 1.95 bits per heavy atom. The van der Waals surface area contributed by atoms with Gasteiger partial charge in [0.25, 0.3) is 0 Å². The van der Waals surface area contributed by atoms with Gasteiger partial charge in [0.1, 0.15) is 42.0 Å². The summed E-state index contributed by atoms with van der Waals surface area (Å²) in [5.41, 5.74) is 8.73. The highest BCUT2D eigenvalue weighted by Crippen LogP contribution is 2.48. The number of aliphatic hydroxyl groups is 1. The molecule has 0 bridgehead atoms. The molecule has 7 atom stereocenters. The van der Waals surface area contributed by atoms with Crippen LogP contribution in [0, 0.1) is 0 Å². The number of aliphatic hydroxyl groups excluding tert-OH is 1. The lowest BCUT2D eigenvalue weighted by Gasteiger charge is -2.31. The normalized spacial score (nSPS) is 26.5. The molecule has 2 unspecified atom stereocenters. The number of rotatable bonds is 11. The van der Waals surface area contributed by atoms with Crippen LogP contribution in [0.25, 0.3) is 0 Å². The van der Waals surface area contributed by atoms with Gasteiger partial charge in [-0.25, -0.2) is 13.8 Å². The van der Waals surface area contributed by atoms with Gasteiger partial charge in [0.05, 0.1) is 12.2 Å². The first-order chi connectivity index (χ1) is 17.8. The molecule has 0 spiro atoms. The van der Waals surface area contributed by atoms with Crippen LogP contribution in [0.1, 0.15) is 33.9 Å². The van der Waals surface area contributed by atoms with E-state index in [1.807, 2.05) is 0 Å². The zero-order chi connectivity index (χ0) is 28.3. The van der Waals surface area contributed by atoms with Crippen LogP contribution >= 0.6 is 7.75 Å². The highest BCUT2D eigenvalue weighted by Gasteiger charge is 2.58. The fourth-order valence-electron chi connectivity index (χ4n) is 3.84. The number of aromatic nitrogens is 2. The lowest BCUT2D eigenvalue weighted by molar-refractivity contribution is -0.149. The van der Waals surface area contributed by atoms with Gasteiger partial charge in [0.15, 0.2) is 6.23 Å². The Morgan fingerprint density at radius 1 is 1.29 bits per heavy atom. The van der Waals surface area contributed by atoms with E-state index in [1.54, 1.807) is 32.0 Å². The predicted octanol–water partition coefficient (Wildman–Crippen LogP) is 1.27. The van der Waals surface area contributed by atoms with Gasteiger partial charge in [-0.05, 0) is 45.9 Å². The minimum atomic E-state index is -4.36. The van der Waals surface area contributed by atoms with E-state index in [-0.39, 0.29) is 11.6 Å². The van der Waals surface area contributed by atoms with Crippen LogP contribution in [0.3, 0.4) is 0 Å².